The summed E-state index contributed by atoms with van der Waals surface area (Å²) in [6.45, 7) is 2.09. The molecule has 0 aliphatic carbocycles. The first-order chi connectivity index (χ1) is 8.24. The van der Waals surface area contributed by atoms with Gasteiger partial charge in [-0.3, -0.25) is 5.10 Å². The van der Waals surface area contributed by atoms with Crippen molar-refractivity contribution in [2.45, 2.75) is 13.0 Å². The summed E-state index contributed by atoms with van der Waals surface area (Å²) < 4.78 is 1.10. The molecule has 0 saturated heterocycles. The first-order valence-corrected chi connectivity index (χ1v) is 6.54. The second kappa shape index (κ2) is 4.27. The predicted molar refractivity (Wildman–Crippen MR) is 71.8 cm³/mol. The quantitative estimate of drug-likeness (QED) is 0.876. The normalized spacial score (nSPS) is 15.9. The Hall–Kier alpha value is -1.13. The molecule has 3 nitrogen and oxygen atoms in total. The molecule has 0 unspecified atom stereocenters. The van der Waals surface area contributed by atoms with E-state index in [4.69, 9.17) is 0 Å². The number of aromatic nitrogens is 2. The summed E-state index contributed by atoms with van der Waals surface area (Å²) in [4.78, 5) is 2.33. The first kappa shape index (κ1) is 11.0. The summed E-state index contributed by atoms with van der Waals surface area (Å²) in [5.41, 5.74) is 4.92. The summed E-state index contributed by atoms with van der Waals surface area (Å²) in [7, 11) is 2.15. The van der Waals surface area contributed by atoms with Crippen LogP contribution in [-0.2, 0) is 13.0 Å². The summed E-state index contributed by atoms with van der Waals surface area (Å²) in [6, 6.07) is 8.33. The van der Waals surface area contributed by atoms with E-state index in [1.54, 1.807) is 0 Å². The summed E-state index contributed by atoms with van der Waals surface area (Å²) in [5.74, 6) is 0. The van der Waals surface area contributed by atoms with Gasteiger partial charge in [-0.15, -0.1) is 0 Å². The smallest absolute Gasteiger partial charge is 0.0968 e. The molecule has 1 aliphatic heterocycles. The lowest BCUT2D eigenvalue weighted by Gasteiger charge is -2.22. The number of hydrogen-bond acceptors (Lipinski definition) is 2. The molecule has 1 aliphatic rings. The third kappa shape index (κ3) is 2.03. The Bertz CT molecular complexity index is 530. The molecular weight excluding hydrogens is 278 g/mol. The number of likely N-dealkylation sites (N-methyl/N-ethyl adjacent to an activating group) is 1. The van der Waals surface area contributed by atoms with Gasteiger partial charge in [0.05, 0.1) is 5.69 Å². The van der Waals surface area contributed by atoms with Gasteiger partial charge in [0.1, 0.15) is 0 Å². The number of H-pyrrole nitrogens is 1. The average molecular weight is 292 g/mol. The maximum atomic E-state index is 4.47. The van der Waals surface area contributed by atoms with Crippen molar-refractivity contribution in [3.63, 3.8) is 0 Å². The van der Waals surface area contributed by atoms with E-state index in [9.17, 15) is 0 Å². The molecule has 0 fully saturated rings. The highest BCUT2D eigenvalue weighted by atomic mass is 79.9. The van der Waals surface area contributed by atoms with Crippen LogP contribution in [-0.4, -0.2) is 28.7 Å². The van der Waals surface area contributed by atoms with Crippen molar-refractivity contribution in [3.05, 3.63) is 40.0 Å². The van der Waals surface area contributed by atoms with E-state index in [0.717, 1.165) is 29.7 Å². The fraction of sp³-hybridized carbons (Fsp3) is 0.308. The van der Waals surface area contributed by atoms with Crippen molar-refractivity contribution in [2.75, 3.05) is 13.6 Å². The van der Waals surface area contributed by atoms with Crippen LogP contribution in [0.15, 0.2) is 28.7 Å². The summed E-state index contributed by atoms with van der Waals surface area (Å²) in [5, 5.41) is 7.64. The zero-order chi connectivity index (χ0) is 11.8. The Labute approximate surface area is 109 Å². The van der Waals surface area contributed by atoms with E-state index in [0.29, 0.717) is 0 Å². The maximum Gasteiger partial charge on any atom is 0.0968 e. The van der Waals surface area contributed by atoms with E-state index >= 15 is 0 Å². The van der Waals surface area contributed by atoms with Gasteiger partial charge in [0.2, 0.25) is 0 Å². The summed E-state index contributed by atoms with van der Waals surface area (Å²) >= 11 is 3.46. The van der Waals surface area contributed by atoms with Crippen molar-refractivity contribution in [2.24, 2.45) is 0 Å². The van der Waals surface area contributed by atoms with Crippen molar-refractivity contribution in [1.29, 1.82) is 0 Å². The number of fused-ring (bicyclic) bond motifs is 1. The van der Waals surface area contributed by atoms with Gasteiger partial charge in [0.25, 0.3) is 0 Å². The molecule has 17 heavy (non-hydrogen) atoms. The van der Waals surface area contributed by atoms with Gasteiger partial charge in [-0.2, -0.15) is 5.10 Å². The minimum absolute atomic E-state index is 0.983. The highest BCUT2D eigenvalue weighted by molar-refractivity contribution is 9.10. The summed E-state index contributed by atoms with van der Waals surface area (Å²) in [6.07, 6.45) is 1.06. The van der Waals surface area contributed by atoms with Crippen LogP contribution < -0.4 is 0 Å². The Balaban J connectivity index is 2.04. The van der Waals surface area contributed by atoms with Crippen LogP contribution in [0.2, 0.25) is 0 Å². The predicted octanol–water partition coefficient (Wildman–Crippen LogP) is 2.83. The molecule has 0 amide bonds. The Morgan fingerprint density at radius 1 is 1.29 bits per heavy atom. The minimum atomic E-state index is 0.983. The molecule has 0 atom stereocenters. The van der Waals surface area contributed by atoms with E-state index in [-0.39, 0.29) is 0 Å². The third-order valence-electron chi connectivity index (χ3n) is 3.24. The van der Waals surface area contributed by atoms with Crippen LogP contribution in [0.5, 0.6) is 0 Å². The van der Waals surface area contributed by atoms with Crippen LogP contribution in [0.25, 0.3) is 11.3 Å². The van der Waals surface area contributed by atoms with Gasteiger partial charge >= 0.3 is 0 Å². The number of nitrogens with zero attached hydrogens (tertiary/aromatic N) is 2. The van der Waals surface area contributed by atoms with Crippen molar-refractivity contribution >= 4 is 15.9 Å². The minimum Gasteiger partial charge on any atom is -0.302 e. The Morgan fingerprint density at radius 3 is 2.82 bits per heavy atom. The second-order valence-corrected chi connectivity index (χ2v) is 5.44. The van der Waals surface area contributed by atoms with Gasteiger partial charge in [-0.1, -0.05) is 28.1 Å². The van der Waals surface area contributed by atoms with Gasteiger partial charge < -0.3 is 4.90 Å². The average Bonchev–Trinajstić information content (AvgIpc) is 2.73. The number of benzene rings is 1. The standard InChI is InChI=1S/C13H14BrN3/c1-17-7-6-12-11(8-17)13(16-15-12)9-2-4-10(14)5-3-9/h2-5H,6-8H2,1H3,(H,15,16). The molecule has 2 heterocycles. The number of halogens is 1. The van der Waals surface area contributed by atoms with Gasteiger partial charge in [0.15, 0.2) is 0 Å². The lowest BCUT2D eigenvalue weighted by atomic mass is 10.0. The van der Waals surface area contributed by atoms with E-state index in [2.05, 4.69) is 62.3 Å². The number of rotatable bonds is 1. The number of nitrogens with one attached hydrogen (secondary N) is 1. The molecule has 88 valence electrons. The lowest BCUT2D eigenvalue weighted by Crippen LogP contribution is -2.26. The highest BCUT2D eigenvalue weighted by Gasteiger charge is 2.20. The molecule has 0 spiro atoms. The van der Waals surface area contributed by atoms with Crippen molar-refractivity contribution in [1.82, 2.24) is 15.1 Å². The van der Waals surface area contributed by atoms with E-state index in [1.807, 2.05) is 0 Å². The molecule has 2 aromatic rings. The fourth-order valence-corrected chi connectivity index (χ4v) is 2.54. The van der Waals surface area contributed by atoms with E-state index in [1.165, 1.54) is 16.8 Å². The van der Waals surface area contributed by atoms with Gasteiger partial charge in [0, 0.05) is 40.8 Å². The monoisotopic (exact) mass is 291 g/mol. The zero-order valence-electron chi connectivity index (χ0n) is 9.70. The van der Waals surface area contributed by atoms with Crippen LogP contribution in [0.1, 0.15) is 11.3 Å². The maximum absolute atomic E-state index is 4.47. The molecule has 4 heteroatoms. The second-order valence-electron chi connectivity index (χ2n) is 4.52. The molecule has 1 N–H and O–H groups in total. The zero-order valence-corrected chi connectivity index (χ0v) is 11.3. The van der Waals surface area contributed by atoms with Crippen LogP contribution in [0.4, 0.5) is 0 Å². The van der Waals surface area contributed by atoms with Gasteiger partial charge in [-0.25, -0.2) is 0 Å². The number of hydrogen-bond donors (Lipinski definition) is 1. The highest BCUT2D eigenvalue weighted by Crippen LogP contribution is 2.28. The van der Waals surface area contributed by atoms with Crippen molar-refractivity contribution in [3.8, 4) is 11.3 Å². The Morgan fingerprint density at radius 2 is 2.06 bits per heavy atom. The topological polar surface area (TPSA) is 31.9 Å². The molecule has 1 aromatic heterocycles. The van der Waals surface area contributed by atoms with Crippen LogP contribution in [0, 0.1) is 0 Å². The van der Waals surface area contributed by atoms with Crippen LogP contribution in [0.3, 0.4) is 0 Å². The van der Waals surface area contributed by atoms with Gasteiger partial charge in [-0.05, 0) is 19.2 Å². The third-order valence-corrected chi connectivity index (χ3v) is 3.77. The van der Waals surface area contributed by atoms with Crippen molar-refractivity contribution < 1.29 is 0 Å². The molecule has 1 aromatic carbocycles. The largest absolute Gasteiger partial charge is 0.302 e. The van der Waals surface area contributed by atoms with Crippen LogP contribution >= 0.6 is 15.9 Å². The van der Waals surface area contributed by atoms with E-state index < -0.39 is 0 Å². The molecule has 0 saturated carbocycles. The lowest BCUT2D eigenvalue weighted by molar-refractivity contribution is 0.312. The fourth-order valence-electron chi connectivity index (χ4n) is 2.28. The Kier molecular flexibility index (Phi) is 2.76. The molecule has 0 bridgehead atoms. The number of aromatic amines is 1. The first-order valence-electron chi connectivity index (χ1n) is 5.74. The molecular formula is C13H14BrN3. The SMILES string of the molecule is CN1CCc2[nH]nc(-c3ccc(Br)cc3)c2C1. The molecule has 3 rings (SSSR count). The molecule has 0 radical (unpaired) electrons.